The molecule has 0 heterocycles. The summed E-state index contributed by atoms with van der Waals surface area (Å²) in [4.78, 5) is 12.2. The summed E-state index contributed by atoms with van der Waals surface area (Å²) >= 11 is 15.2. The molecule has 0 aliphatic carbocycles. The molecule has 0 atom stereocenters. The fraction of sp³-hybridized carbons (Fsp3) is 0.0714. The number of benzene rings is 2. The van der Waals surface area contributed by atoms with Gasteiger partial charge in [0.2, 0.25) is 0 Å². The van der Waals surface area contributed by atoms with E-state index in [2.05, 4.69) is 21.2 Å². The molecule has 2 rings (SSSR count). The molecule has 0 aliphatic heterocycles. The largest absolute Gasteiger partial charge is 0.496 e. The molecule has 2 aromatic rings. The summed E-state index contributed by atoms with van der Waals surface area (Å²) in [6.07, 6.45) is 0. The minimum atomic E-state index is -0.317. The fourth-order valence-electron chi connectivity index (χ4n) is 1.63. The van der Waals surface area contributed by atoms with Crippen LogP contribution in [0.5, 0.6) is 5.75 Å². The van der Waals surface area contributed by atoms with Crippen LogP contribution in [0.3, 0.4) is 0 Å². The van der Waals surface area contributed by atoms with E-state index >= 15 is 0 Å². The van der Waals surface area contributed by atoms with Crippen LogP contribution in [-0.4, -0.2) is 13.0 Å². The zero-order valence-electron chi connectivity index (χ0n) is 10.4. The maximum atomic E-state index is 12.2. The minimum Gasteiger partial charge on any atom is -0.496 e. The summed E-state index contributed by atoms with van der Waals surface area (Å²) in [6.45, 7) is 0. The SMILES string of the molecule is COc1cc(Cl)ccc1C(=O)Nc1ccc(Br)cc1Cl. The van der Waals surface area contributed by atoms with Crippen LogP contribution in [0.2, 0.25) is 10.0 Å². The maximum absolute atomic E-state index is 12.2. The monoisotopic (exact) mass is 373 g/mol. The number of halogens is 3. The number of hydrogen-bond donors (Lipinski definition) is 1. The van der Waals surface area contributed by atoms with Gasteiger partial charge < -0.3 is 10.1 Å². The Bertz CT molecular complexity index is 662. The van der Waals surface area contributed by atoms with E-state index in [0.717, 1.165) is 4.47 Å². The number of nitrogens with one attached hydrogen (secondary N) is 1. The Morgan fingerprint density at radius 1 is 1.20 bits per heavy atom. The van der Waals surface area contributed by atoms with E-state index in [1.165, 1.54) is 7.11 Å². The average Bonchev–Trinajstić information content (AvgIpc) is 2.41. The first-order valence-corrected chi connectivity index (χ1v) is 7.16. The Balaban J connectivity index is 2.28. The standard InChI is InChI=1S/C14H10BrCl2NO2/c1-20-13-7-9(16)3-4-10(13)14(19)18-12-5-2-8(15)6-11(12)17/h2-7H,1H3,(H,18,19). The van der Waals surface area contributed by atoms with Gasteiger partial charge in [0.25, 0.3) is 5.91 Å². The van der Waals surface area contributed by atoms with Crippen molar-refractivity contribution in [1.82, 2.24) is 0 Å². The molecule has 1 N–H and O–H groups in total. The van der Waals surface area contributed by atoms with Crippen LogP contribution in [0.4, 0.5) is 5.69 Å². The van der Waals surface area contributed by atoms with Gasteiger partial charge in [0.15, 0.2) is 0 Å². The van der Waals surface area contributed by atoms with Gasteiger partial charge in [-0.3, -0.25) is 4.79 Å². The van der Waals surface area contributed by atoms with Crippen LogP contribution in [0.25, 0.3) is 0 Å². The number of rotatable bonds is 3. The van der Waals surface area contributed by atoms with Gasteiger partial charge in [0.1, 0.15) is 5.75 Å². The molecule has 2 aromatic carbocycles. The van der Waals surface area contributed by atoms with Gasteiger partial charge in [-0.05, 0) is 36.4 Å². The molecule has 104 valence electrons. The smallest absolute Gasteiger partial charge is 0.259 e. The van der Waals surface area contributed by atoms with E-state index in [1.54, 1.807) is 36.4 Å². The average molecular weight is 375 g/mol. The number of carbonyl (C=O) groups excluding carboxylic acids is 1. The minimum absolute atomic E-state index is 0.317. The highest BCUT2D eigenvalue weighted by atomic mass is 79.9. The van der Waals surface area contributed by atoms with Gasteiger partial charge >= 0.3 is 0 Å². The first-order chi connectivity index (χ1) is 9.51. The van der Waals surface area contributed by atoms with Crippen molar-refractivity contribution in [2.75, 3.05) is 12.4 Å². The second-order valence-electron chi connectivity index (χ2n) is 3.92. The number of methoxy groups -OCH3 is 1. The Morgan fingerprint density at radius 3 is 2.60 bits per heavy atom. The quantitative estimate of drug-likeness (QED) is 0.819. The number of amides is 1. The highest BCUT2D eigenvalue weighted by Crippen LogP contribution is 2.28. The number of ether oxygens (including phenoxy) is 1. The van der Waals surface area contributed by atoms with Crippen molar-refractivity contribution in [1.29, 1.82) is 0 Å². The second kappa shape index (κ2) is 6.48. The number of hydrogen-bond acceptors (Lipinski definition) is 2. The first kappa shape index (κ1) is 15.2. The Morgan fingerprint density at radius 2 is 1.95 bits per heavy atom. The summed E-state index contributed by atoms with van der Waals surface area (Å²) in [5.41, 5.74) is 0.910. The van der Waals surface area contributed by atoms with Gasteiger partial charge in [-0.15, -0.1) is 0 Å². The van der Waals surface area contributed by atoms with Crippen molar-refractivity contribution in [2.45, 2.75) is 0 Å². The molecule has 1 amide bonds. The van der Waals surface area contributed by atoms with E-state index < -0.39 is 0 Å². The van der Waals surface area contributed by atoms with Crippen LogP contribution >= 0.6 is 39.1 Å². The molecule has 0 saturated carbocycles. The predicted molar refractivity (Wildman–Crippen MR) is 85.1 cm³/mol. The molecule has 0 unspecified atom stereocenters. The lowest BCUT2D eigenvalue weighted by atomic mass is 10.2. The molecule has 0 aromatic heterocycles. The Labute approximate surface area is 135 Å². The zero-order chi connectivity index (χ0) is 14.7. The maximum Gasteiger partial charge on any atom is 0.259 e. The Kier molecular flexibility index (Phi) is 4.91. The summed E-state index contributed by atoms with van der Waals surface area (Å²) < 4.78 is 5.99. The Hall–Kier alpha value is -1.23. The lowest BCUT2D eigenvalue weighted by Gasteiger charge is -2.11. The van der Waals surface area contributed by atoms with Gasteiger partial charge in [-0.25, -0.2) is 0 Å². The van der Waals surface area contributed by atoms with Crippen LogP contribution in [0.1, 0.15) is 10.4 Å². The van der Waals surface area contributed by atoms with Crippen LogP contribution in [0.15, 0.2) is 40.9 Å². The highest BCUT2D eigenvalue weighted by molar-refractivity contribution is 9.10. The third-order valence-corrected chi connectivity index (χ3v) is 3.63. The molecule has 0 spiro atoms. The number of anilines is 1. The van der Waals surface area contributed by atoms with Crippen molar-refractivity contribution in [3.05, 3.63) is 56.5 Å². The van der Waals surface area contributed by atoms with Crippen molar-refractivity contribution in [3.8, 4) is 5.75 Å². The lowest BCUT2D eigenvalue weighted by Crippen LogP contribution is -2.13. The van der Waals surface area contributed by atoms with Gasteiger partial charge in [0.05, 0.1) is 23.4 Å². The van der Waals surface area contributed by atoms with Crippen molar-refractivity contribution >= 4 is 50.7 Å². The van der Waals surface area contributed by atoms with Crippen molar-refractivity contribution in [2.24, 2.45) is 0 Å². The molecule has 3 nitrogen and oxygen atoms in total. The summed E-state index contributed by atoms with van der Waals surface area (Å²) in [7, 11) is 1.48. The topological polar surface area (TPSA) is 38.3 Å². The zero-order valence-corrected chi connectivity index (χ0v) is 13.5. The molecule has 0 bridgehead atoms. The normalized spacial score (nSPS) is 10.2. The van der Waals surface area contributed by atoms with E-state index in [0.29, 0.717) is 27.0 Å². The van der Waals surface area contributed by atoms with E-state index in [9.17, 15) is 4.79 Å². The van der Waals surface area contributed by atoms with Gasteiger partial charge in [-0.1, -0.05) is 39.1 Å². The van der Waals surface area contributed by atoms with E-state index in [4.69, 9.17) is 27.9 Å². The summed E-state index contributed by atoms with van der Waals surface area (Å²) in [6, 6.07) is 10.0. The fourth-order valence-corrected chi connectivity index (χ4v) is 2.52. The molecule has 20 heavy (non-hydrogen) atoms. The molecular formula is C14H10BrCl2NO2. The highest BCUT2D eigenvalue weighted by Gasteiger charge is 2.14. The molecule has 0 aliphatic rings. The lowest BCUT2D eigenvalue weighted by molar-refractivity contribution is 0.102. The summed E-state index contributed by atoms with van der Waals surface area (Å²) in [5.74, 6) is 0.0889. The first-order valence-electron chi connectivity index (χ1n) is 5.61. The predicted octanol–water partition coefficient (Wildman–Crippen LogP) is 5.02. The third-order valence-electron chi connectivity index (χ3n) is 2.59. The summed E-state index contributed by atoms with van der Waals surface area (Å²) in [5, 5.41) is 3.68. The van der Waals surface area contributed by atoms with Crippen molar-refractivity contribution in [3.63, 3.8) is 0 Å². The third kappa shape index (κ3) is 3.45. The van der Waals surface area contributed by atoms with Crippen LogP contribution < -0.4 is 10.1 Å². The molecule has 0 fully saturated rings. The van der Waals surface area contributed by atoms with Gasteiger partial charge in [0, 0.05) is 9.50 Å². The molecule has 6 heteroatoms. The molecule has 0 radical (unpaired) electrons. The van der Waals surface area contributed by atoms with Crippen LogP contribution in [0, 0.1) is 0 Å². The van der Waals surface area contributed by atoms with E-state index in [-0.39, 0.29) is 5.91 Å². The van der Waals surface area contributed by atoms with Crippen LogP contribution in [-0.2, 0) is 0 Å². The van der Waals surface area contributed by atoms with E-state index in [1.807, 2.05) is 0 Å². The number of carbonyl (C=O) groups is 1. The molecular weight excluding hydrogens is 365 g/mol. The van der Waals surface area contributed by atoms with Gasteiger partial charge in [-0.2, -0.15) is 0 Å². The van der Waals surface area contributed by atoms with Crippen molar-refractivity contribution < 1.29 is 9.53 Å². The second-order valence-corrected chi connectivity index (χ2v) is 5.68. The molecule has 0 saturated heterocycles.